The molecule has 0 aliphatic rings. The number of hydrogen-bond donors (Lipinski definition) is 1. The molecule has 0 spiro atoms. The number of sulfonamides is 1. The topological polar surface area (TPSA) is 118 Å². The van der Waals surface area contributed by atoms with Crippen LogP contribution in [0, 0.1) is 24.1 Å². The maximum Gasteiger partial charge on any atom is 0.238 e. The van der Waals surface area contributed by atoms with Crippen molar-refractivity contribution in [3.8, 4) is 11.8 Å². The molecule has 2 N–H and O–H groups in total. The molecule has 180 valence electrons. The van der Waals surface area contributed by atoms with E-state index in [1.165, 1.54) is 16.8 Å². The Bertz CT molecular complexity index is 1280. The molecule has 8 nitrogen and oxygen atoms in total. The van der Waals surface area contributed by atoms with Gasteiger partial charge in [0.15, 0.2) is 5.82 Å². The van der Waals surface area contributed by atoms with Gasteiger partial charge in [-0.15, -0.1) is 5.10 Å². The van der Waals surface area contributed by atoms with Crippen LogP contribution in [0.3, 0.4) is 0 Å². The van der Waals surface area contributed by atoms with E-state index >= 15 is 0 Å². The molecular weight excluding hydrogens is 455 g/mol. The van der Waals surface area contributed by atoms with Gasteiger partial charge >= 0.3 is 0 Å². The summed E-state index contributed by atoms with van der Waals surface area (Å²) < 4.78 is 39.7. The number of halogens is 1. The largest absolute Gasteiger partial charge is 0.295 e. The van der Waals surface area contributed by atoms with Gasteiger partial charge in [0, 0.05) is 19.4 Å². The summed E-state index contributed by atoms with van der Waals surface area (Å²) in [6.07, 6.45) is 2.81. The van der Waals surface area contributed by atoms with Gasteiger partial charge in [-0.3, -0.25) is 4.90 Å². The van der Waals surface area contributed by atoms with Crippen molar-refractivity contribution in [1.82, 2.24) is 19.7 Å². The zero-order valence-corrected chi connectivity index (χ0v) is 20.2. The van der Waals surface area contributed by atoms with Gasteiger partial charge in [0.25, 0.3) is 0 Å². The van der Waals surface area contributed by atoms with E-state index in [9.17, 15) is 12.8 Å². The van der Waals surface area contributed by atoms with Crippen molar-refractivity contribution in [1.29, 1.82) is 5.26 Å². The number of hydrogen-bond acceptors (Lipinski definition) is 6. The maximum atomic E-state index is 15.0. The first-order valence-electron chi connectivity index (χ1n) is 11.1. The number of nitriles is 1. The lowest BCUT2D eigenvalue weighted by Crippen LogP contribution is -2.26. The average molecular weight is 485 g/mol. The molecule has 0 unspecified atom stereocenters. The molecule has 0 aliphatic heterocycles. The highest BCUT2D eigenvalue weighted by atomic mass is 32.2. The van der Waals surface area contributed by atoms with Crippen LogP contribution in [0.4, 0.5) is 4.39 Å². The van der Waals surface area contributed by atoms with E-state index in [-0.39, 0.29) is 10.6 Å². The van der Waals surface area contributed by atoms with Crippen molar-refractivity contribution in [2.75, 3.05) is 13.1 Å². The molecular formula is C24H29FN6O2S. The van der Waals surface area contributed by atoms with Gasteiger partial charge in [-0.05, 0) is 43.7 Å². The molecule has 0 amide bonds. The second kappa shape index (κ2) is 11.3. The Hall–Kier alpha value is -3.13. The Kier molecular flexibility index (Phi) is 8.50. The van der Waals surface area contributed by atoms with E-state index < -0.39 is 15.8 Å². The van der Waals surface area contributed by atoms with Gasteiger partial charge in [-0.25, -0.2) is 27.6 Å². The van der Waals surface area contributed by atoms with Crippen LogP contribution in [0.25, 0.3) is 5.69 Å². The quantitative estimate of drug-likeness (QED) is 0.445. The minimum Gasteiger partial charge on any atom is -0.295 e. The van der Waals surface area contributed by atoms with E-state index in [0.717, 1.165) is 36.6 Å². The number of nitrogens with two attached hydrogens (primary N) is 1. The van der Waals surface area contributed by atoms with Crippen LogP contribution in [0.5, 0.6) is 0 Å². The lowest BCUT2D eigenvalue weighted by molar-refractivity contribution is 0.260. The molecule has 2 aromatic carbocycles. The molecule has 0 atom stereocenters. The summed E-state index contributed by atoms with van der Waals surface area (Å²) in [4.78, 5) is 6.50. The number of nitrogens with zero attached hydrogens (tertiary/aromatic N) is 5. The fraction of sp³-hybridized carbons (Fsp3) is 0.375. The fourth-order valence-corrected chi connectivity index (χ4v) is 4.19. The van der Waals surface area contributed by atoms with Gasteiger partial charge in [-0.1, -0.05) is 43.2 Å². The summed E-state index contributed by atoms with van der Waals surface area (Å²) in [6.45, 7) is 5.91. The van der Waals surface area contributed by atoms with E-state index in [0.29, 0.717) is 37.6 Å². The number of benzene rings is 2. The van der Waals surface area contributed by atoms with E-state index in [4.69, 9.17) is 15.4 Å². The van der Waals surface area contributed by atoms with Gasteiger partial charge < -0.3 is 0 Å². The maximum absolute atomic E-state index is 15.0. The molecule has 0 radical (unpaired) electrons. The summed E-state index contributed by atoms with van der Waals surface area (Å²) in [7, 11) is -4.03. The summed E-state index contributed by atoms with van der Waals surface area (Å²) in [5.74, 6) is 0.269. The summed E-state index contributed by atoms with van der Waals surface area (Å²) in [5, 5.41) is 18.7. The third-order valence-corrected chi connectivity index (χ3v) is 6.28. The lowest BCUT2D eigenvalue weighted by Gasteiger charge is -2.18. The second-order valence-electron chi connectivity index (χ2n) is 8.22. The van der Waals surface area contributed by atoms with Gasteiger partial charge in [0.05, 0.1) is 17.5 Å². The molecule has 3 aromatic rings. The summed E-state index contributed by atoms with van der Waals surface area (Å²) in [5.41, 5.74) is 2.18. The molecule has 0 saturated carbocycles. The smallest absolute Gasteiger partial charge is 0.238 e. The third-order valence-electron chi connectivity index (χ3n) is 5.37. The monoisotopic (exact) mass is 484 g/mol. The molecule has 0 saturated heterocycles. The molecule has 0 bridgehead atoms. The standard InChI is InChI=1S/C24H29FN6O2S/c1-3-4-12-30(13-6-11-26)17-23-28-24(15-19-8-5-7-18(2)14-19)31(29-23)22-10-9-20(16-21(22)25)34(27,32)33/h5,7-10,14,16H,3-4,6,12-13,15,17H2,1-2H3,(H2,27,32,33). The lowest BCUT2D eigenvalue weighted by atomic mass is 10.1. The van der Waals surface area contributed by atoms with Crippen LogP contribution >= 0.6 is 0 Å². The number of unbranched alkanes of at least 4 members (excludes halogenated alkanes) is 1. The minimum absolute atomic E-state index is 0.0888. The highest BCUT2D eigenvalue weighted by Crippen LogP contribution is 2.21. The Labute approximate surface area is 199 Å². The van der Waals surface area contributed by atoms with Crippen molar-refractivity contribution < 1.29 is 12.8 Å². The van der Waals surface area contributed by atoms with E-state index in [1.54, 1.807) is 0 Å². The minimum atomic E-state index is -4.03. The SMILES string of the molecule is CCCCN(CCC#N)Cc1nc(Cc2cccc(C)c2)n(-c2ccc(S(N)(=O)=O)cc2F)n1. The third kappa shape index (κ3) is 6.70. The number of aromatic nitrogens is 3. The van der Waals surface area contributed by atoms with E-state index in [2.05, 4.69) is 23.0 Å². The van der Waals surface area contributed by atoms with Gasteiger partial charge in [0.1, 0.15) is 17.3 Å². The van der Waals surface area contributed by atoms with Crippen LogP contribution < -0.4 is 5.14 Å². The Balaban J connectivity index is 2.01. The van der Waals surface area contributed by atoms with Crippen LogP contribution in [0.1, 0.15) is 49.0 Å². The molecule has 1 aromatic heterocycles. The first-order chi connectivity index (χ1) is 16.2. The normalized spacial score (nSPS) is 11.6. The number of aryl methyl sites for hydroxylation is 1. The van der Waals surface area contributed by atoms with Crippen LogP contribution in [-0.4, -0.2) is 41.2 Å². The summed E-state index contributed by atoms with van der Waals surface area (Å²) in [6, 6.07) is 13.6. The zero-order valence-electron chi connectivity index (χ0n) is 19.4. The highest BCUT2D eigenvalue weighted by molar-refractivity contribution is 7.89. The number of primary sulfonamides is 1. The van der Waals surface area contributed by atoms with Crippen molar-refractivity contribution in [2.24, 2.45) is 5.14 Å². The van der Waals surface area contributed by atoms with Crippen LogP contribution in [-0.2, 0) is 23.0 Å². The molecule has 0 aliphatic carbocycles. The fourth-order valence-electron chi connectivity index (χ4n) is 3.67. The Morgan fingerprint density at radius 2 is 2.00 bits per heavy atom. The van der Waals surface area contributed by atoms with Crippen molar-refractivity contribution in [3.05, 3.63) is 71.1 Å². The summed E-state index contributed by atoms with van der Waals surface area (Å²) >= 11 is 0. The number of rotatable bonds is 11. The van der Waals surface area contributed by atoms with E-state index in [1.807, 2.05) is 31.2 Å². The highest BCUT2D eigenvalue weighted by Gasteiger charge is 2.19. The first-order valence-corrected chi connectivity index (χ1v) is 12.7. The molecule has 3 rings (SSSR count). The van der Waals surface area contributed by atoms with Crippen LogP contribution in [0.2, 0.25) is 0 Å². The molecule has 1 heterocycles. The predicted molar refractivity (Wildman–Crippen MR) is 127 cm³/mol. The zero-order chi connectivity index (χ0) is 24.7. The van der Waals surface area contributed by atoms with Crippen LogP contribution in [0.15, 0.2) is 47.4 Å². The Morgan fingerprint density at radius 3 is 2.65 bits per heavy atom. The van der Waals surface area contributed by atoms with Crippen molar-refractivity contribution in [2.45, 2.75) is 51.0 Å². The average Bonchev–Trinajstić information content (AvgIpc) is 3.16. The molecule has 0 fully saturated rings. The van der Waals surface area contributed by atoms with Gasteiger partial charge in [-0.2, -0.15) is 5.26 Å². The molecule has 10 heteroatoms. The first kappa shape index (κ1) is 25.5. The predicted octanol–water partition coefficient (Wildman–Crippen LogP) is 3.47. The van der Waals surface area contributed by atoms with Crippen molar-refractivity contribution >= 4 is 10.0 Å². The second-order valence-corrected chi connectivity index (χ2v) is 9.78. The van der Waals surface area contributed by atoms with Crippen molar-refractivity contribution in [3.63, 3.8) is 0 Å². The Morgan fingerprint density at radius 1 is 1.21 bits per heavy atom. The molecule has 34 heavy (non-hydrogen) atoms. The van der Waals surface area contributed by atoms with Gasteiger partial charge in [0.2, 0.25) is 10.0 Å².